The van der Waals surface area contributed by atoms with Crippen molar-refractivity contribution in [3.8, 4) is 0 Å². The third-order valence-corrected chi connectivity index (χ3v) is 2.00. The van der Waals surface area contributed by atoms with Gasteiger partial charge >= 0.3 is 0 Å². The summed E-state index contributed by atoms with van der Waals surface area (Å²) in [7, 11) is 0. The number of hydrogen-bond acceptors (Lipinski definition) is 2. The van der Waals surface area contributed by atoms with E-state index in [0.717, 1.165) is 22.2 Å². The van der Waals surface area contributed by atoms with E-state index in [4.69, 9.17) is 4.42 Å². The first-order chi connectivity index (χ1) is 6.36. The summed E-state index contributed by atoms with van der Waals surface area (Å²) in [5.41, 5.74) is 3.62. The van der Waals surface area contributed by atoms with Crippen molar-refractivity contribution >= 4 is 23.3 Å². The Labute approximate surface area is 76.2 Å². The lowest BCUT2D eigenvalue weighted by atomic mass is 10.1. The molecule has 0 radical (unpaired) electrons. The molecular weight excluding hydrogens is 162 g/mol. The van der Waals surface area contributed by atoms with E-state index in [1.807, 2.05) is 12.1 Å². The van der Waals surface area contributed by atoms with Crippen LogP contribution in [0.15, 0.2) is 36.1 Å². The van der Waals surface area contributed by atoms with E-state index in [1.54, 1.807) is 12.2 Å². The molecule has 2 heteroatoms. The number of rotatable bonds is 2. The average molecular weight is 171 g/mol. The zero-order valence-corrected chi connectivity index (χ0v) is 7.16. The highest BCUT2D eigenvalue weighted by Crippen LogP contribution is 2.22. The lowest BCUT2D eigenvalue weighted by Crippen LogP contribution is -1.81. The van der Waals surface area contributed by atoms with Crippen molar-refractivity contribution in [2.45, 2.75) is 0 Å². The van der Waals surface area contributed by atoms with Gasteiger partial charge in [0.05, 0.1) is 0 Å². The first-order valence-corrected chi connectivity index (χ1v) is 3.98. The SMILES string of the molecule is C=Cc1ccc2ocnc2c1C=C. The molecule has 1 heterocycles. The predicted molar refractivity (Wildman–Crippen MR) is 54.2 cm³/mol. The van der Waals surface area contributed by atoms with E-state index >= 15 is 0 Å². The Kier molecular flexibility index (Phi) is 1.74. The molecule has 0 saturated heterocycles. The maximum Gasteiger partial charge on any atom is 0.182 e. The van der Waals surface area contributed by atoms with E-state index in [2.05, 4.69) is 18.1 Å². The fourth-order valence-electron chi connectivity index (χ4n) is 1.36. The Balaban J connectivity index is 2.89. The standard InChI is InChI=1S/C11H9NO/c1-3-8-5-6-10-11(9(8)4-2)12-7-13-10/h3-7H,1-2H2. The van der Waals surface area contributed by atoms with Crippen molar-refractivity contribution < 1.29 is 4.42 Å². The summed E-state index contributed by atoms with van der Waals surface area (Å²) >= 11 is 0. The Morgan fingerprint density at radius 1 is 1.23 bits per heavy atom. The molecule has 0 spiro atoms. The van der Waals surface area contributed by atoms with Gasteiger partial charge in [0.25, 0.3) is 0 Å². The van der Waals surface area contributed by atoms with Crippen molar-refractivity contribution in [2.75, 3.05) is 0 Å². The normalized spacial score (nSPS) is 10.2. The van der Waals surface area contributed by atoms with Gasteiger partial charge in [-0.25, -0.2) is 4.98 Å². The summed E-state index contributed by atoms with van der Waals surface area (Å²) in [5.74, 6) is 0. The molecule has 64 valence electrons. The molecule has 1 aromatic heterocycles. The van der Waals surface area contributed by atoms with Crippen LogP contribution in [0, 0.1) is 0 Å². The lowest BCUT2D eigenvalue weighted by molar-refractivity contribution is 0.602. The number of oxazole rings is 1. The van der Waals surface area contributed by atoms with E-state index in [9.17, 15) is 0 Å². The van der Waals surface area contributed by atoms with E-state index in [0.29, 0.717) is 0 Å². The maximum atomic E-state index is 5.17. The number of hydrogen-bond donors (Lipinski definition) is 0. The van der Waals surface area contributed by atoms with Crippen molar-refractivity contribution in [1.29, 1.82) is 0 Å². The van der Waals surface area contributed by atoms with Crippen LogP contribution in [0.25, 0.3) is 23.3 Å². The summed E-state index contributed by atoms with van der Waals surface area (Å²) < 4.78 is 5.17. The predicted octanol–water partition coefficient (Wildman–Crippen LogP) is 3.11. The van der Waals surface area contributed by atoms with Gasteiger partial charge in [0.1, 0.15) is 5.52 Å². The molecule has 0 aliphatic rings. The molecule has 0 aliphatic heterocycles. The van der Waals surface area contributed by atoms with Crippen molar-refractivity contribution in [3.05, 3.63) is 42.8 Å². The molecule has 0 atom stereocenters. The Morgan fingerprint density at radius 3 is 2.77 bits per heavy atom. The van der Waals surface area contributed by atoms with Gasteiger partial charge in [0, 0.05) is 5.56 Å². The second-order valence-corrected chi connectivity index (χ2v) is 2.68. The molecule has 0 aliphatic carbocycles. The quantitative estimate of drug-likeness (QED) is 0.693. The maximum absolute atomic E-state index is 5.17. The molecule has 0 fully saturated rings. The molecule has 0 amide bonds. The molecule has 0 bridgehead atoms. The number of aromatic nitrogens is 1. The minimum Gasteiger partial charge on any atom is -0.443 e. The summed E-state index contributed by atoms with van der Waals surface area (Å²) in [5, 5.41) is 0. The molecule has 0 saturated carbocycles. The molecule has 0 N–H and O–H groups in total. The smallest absolute Gasteiger partial charge is 0.182 e. The number of nitrogens with zero attached hydrogens (tertiary/aromatic N) is 1. The molecule has 13 heavy (non-hydrogen) atoms. The van der Waals surface area contributed by atoms with Gasteiger partial charge < -0.3 is 4.42 Å². The minimum atomic E-state index is 0.778. The van der Waals surface area contributed by atoms with Gasteiger partial charge in [-0.1, -0.05) is 31.4 Å². The topological polar surface area (TPSA) is 26.0 Å². The van der Waals surface area contributed by atoms with Crippen LogP contribution < -0.4 is 0 Å². The second-order valence-electron chi connectivity index (χ2n) is 2.68. The molecule has 1 aromatic carbocycles. The third kappa shape index (κ3) is 1.07. The molecule has 2 aromatic rings. The van der Waals surface area contributed by atoms with Gasteiger partial charge in [0.2, 0.25) is 0 Å². The number of benzene rings is 1. The number of fused-ring (bicyclic) bond motifs is 1. The van der Waals surface area contributed by atoms with Gasteiger partial charge in [-0.2, -0.15) is 0 Å². The highest BCUT2D eigenvalue weighted by Gasteiger charge is 2.05. The van der Waals surface area contributed by atoms with Crippen LogP contribution in [0.4, 0.5) is 0 Å². The summed E-state index contributed by atoms with van der Waals surface area (Å²) in [6, 6.07) is 3.82. The first kappa shape index (κ1) is 7.80. The average Bonchev–Trinajstić information content (AvgIpc) is 2.63. The van der Waals surface area contributed by atoms with Crippen LogP contribution in [0.1, 0.15) is 11.1 Å². The van der Waals surface area contributed by atoms with Gasteiger partial charge in [-0.05, 0) is 11.6 Å². The Morgan fingerprint density at radius 2 is 2.08 bits per heavy atom. The fraction of sp³-hybridized carbons (Fsp3) is 0. The van der Waals surface area contributed by atoms with Crippen molar-refractivity contribution in [3.63, 3.8) is 0 Å². The fourth-order valence-corrected chi connectivity index (χ4v) is 1.36. The Hall–Kier alpha value is -1.83. The molecule has 2 rings (SSSR count). The Bertz CT molecular complexity index is 468. The van der Waals surface area contributed by atoms with Crippen LogP contribution in [0.5, 0.6) is 0 Å². The van der Waals surface area contributed by atoms with Crippen molar-refractivity contribution in [1.82, 2.24) is 4.98 Å². The first-order valence-electron chi connectivity index (χ1n) is 3.98. The lowest BCUT2D eigenvalue weighted by Gasteiger charge is -1.99. The summed E-state index contributed by atoms with van der Waals surface area (Å²) in [6.07, 6.45) is 4.98. The largest absolute Gasteiger partial charge is 0.443 e. The van der Waals surface area contributed by atoms with Crippen molar-refractivity contribution in [2.24, 2.45) is 0 Å². The van der Waals surface area contributed by atoms with Gasteiger partial charge in [-0.15, -0.1) is 0 Å². The highest BCUT2D eigenvalue weighted by atomic mass is 16.3. The van der Waals surface area contributed by atoms with Crippen LogP contribution in [0.3, 0.4) is 0 Å². The molecular formula is C11H9NO. The second kappa shape index (κ2) is 2.90. The summed E-state index contributed by atoms with van der Waals surface area (Å²) in [4.78, 5) is 4.11. The van der Waals surface area contributed by atoms with E-state index < -0.39 is 0 Å². The van der Waals surface area contributed by atoms with Crippen LogP contribution in [0.2, 0.25) is 0 Å². The monoisotopic (exact) mass is 171 g/mol. The molecule has 2 nitrogen and oxygen atoms in total. The highest BCUT2D eigenvalue weighted by molar-refractivity contribution is 5.87. The zero-order valence-electron chi connectivity index (χ0n) is 7.16. The zero-order chi connectivity index (χ0) is 9.26. The minimum absolute atomic E-state index is 0.778. The van der Waals surface area contributed by atoms with Gasteiger partial charge in [-0.3, -0.25) is 0 Å². The van der Waals surface area contributed by atoms with Gasteiger partial charge in [0.15, 0.2) is 12.0 Å². The third-order valence-electron chi connectivity index (χ3n) is 2.00. The van der Waals surface area contributed by atoms with Crippen LogP contribution >= 0.6 is 0 Å². The van der Waals surface area contributed by atoms with E-state index in [1.165, 1.54) is 6.39 Å². The van der Waals surface area contributed by atoms with Crippen LogP contribution in [-0.2, 0) is 0 Å². The van der Waals surface area contributed by atoms with Crippen LogP contribution in [-0.4, -0.2) is 4.98 Å². The summed E-state index contributed by atoms with van der Waals surface area (Å²) in [6.45, 7) is 7.46. The van der Waals surface area contributed by atoms with E-state index in [-0.39, 0.29) is 0 Å². The molecule has 0 unspecified atom stereocenters.